The molecular formula is C12H13ClN2O2. The van der Waals surface area contributed by atoms with Crippen LogP contribution in [0.3, 0.4) is 0 Å². The van der Waals surface area contributed by atoms with E-state index in [2.05, 4.69) is 4.98 Å². The molecule has 2 unspecified atom stereocenters. The summed E-state index contributed by atoms with van der Waals surface area (Å²) in [7, 11) is 0. The first-order valence-electron chi connectivity index (χ1n) is 5.25. The summed E-state index contributed by atoms with van der Waals surface area (Å²) in [5.41, 5.74) is 6.56. The Morgan fingerprint density at radius 1 is 1.41 bits per heavy atom. The second-order valence-electron chi connectivity index (χ2n) is 3.72. The minimum absolute atomic E-state index is 0.251. The van der Waals surface area contributed by atoms with Gasteiger partial charge in [-0.3, -0.25) is 4.98 Å². The fourth-order valence-electron chi connectivity index (χ4n) is 1.73. The van der Waals surface area contributed by atoms with E-state index >= 15 is 0 Å². The van der Waals surface area contributed by atoms with Crippen molar-refractivity contribution in [1.29, 1.82) is 0 Å². The van der Waals surface area contributed by atoms with Crippen molar-refractivity contribution in [3.05, 3.63) is 53.2 Å². The number of pyridine rings is 1. The Balaban J connectivity index is 2.25. The Labute approximate surface area is 104 Å². The van der Waals surface area contributed by atoms with E-state index in [1.807, 2.05) is 6.07 Å². The van der Waals surface area contributed by atoms with Gasteiger partial charge >= 0.3 is 0 Å². The summed E-state index contributed by atoms with van der Waals surface area (Å²) in [6.45, 7) is 0.297. The zero-order chi connectivity index (χ0) is 12.3. The van der Waals surface area contributed by atoms with Crippen LogP contribution in [-0.2, 0) is 0 Å². The Kier molecular flexibility index (Phi) is 3.78. The van der Waals surface area contributed by atoms with Crippen LogP contribution in [0, 0.1) is 0 Å². The van der Waals surface area contributed by atoms with Crippen LogP contribution in [0.4, 0.5) is 0 Å². The Hall–Kier alpha value is -1.36. The number of hydrogen-bond donors (Lipinski definition) is 2. The van der Waals surface area contributed by atoms with Crippen molar-refractivity contribution in [3.63, 3.8) is 0 Å². The summed E-state index contributed by atoms with van der Waals surface area (Å²) in [6.07, 6.45) is 2.54. The summed E-state index contributed by atoms with van der Waals surface area (Å²) in [5.74, 6) is 0.153. The average Bonchev–Trinajstić information content (AvgIpc) is 2.78. The molecule has 0 aliphatic carbocycles. The lowest BCUT2D eigenvalue weighted by Gasteiger charge is -2.19. The van der Waals surface area contributed by atoms with E-state index in [4.69, 9.17) is 21.8 Å². The van der Waals surface area contributed by atoms with Crippen molar-refractivity contribution in [2.24, 2.45) is 5.73 Å². The fourth-order valence-corrected chi connectivity index (χ4v) is 1.88. The van der Waals surface area contributed by atoms with E-state index in [-0.39, 0.29) is 11.1 Å². The molecule has 0 fully saturated rings. The maximum absolute atomic E-state index is 10.2. The van der Waals surface area contributed by atoms with Gasteiger partial charge in [0.05, 0.1) is 0 Å². The van der Waals surface area contributed by atoms with Crippen molar-refractivity contribution in [3.8, 4) is 0 Å². The van der Waals surface area contributed by atoms with Crippen LogP contribution < -0.4 is 5.73 Å². The van der Waals surface area contributed by atoms with Crippen molar-refractivity contribution in [1.82, 2.24) is 4.98 Å². The average molecular weight is 253 g/mol. The molecule has 0 radical (unpaired) electrons. The summed E-state index contributed by atoms with van der Waals surface area (Å²) < 4.78 is 5.19. The van der Waals surface area contributed by atoms with E-state index in [1.165, 1.54) is 0 Å². The van der Waals surface area contributed by atoms with Gasteiger partial charge in [-0.1, -0.05) is 6.07 Å². The number of furan rings is 1. The van der Waals surface area contributed by atoms with Crippen LogP contribution in [-0.4, -0.2) is 16.6 Å². The molecule has 2 aromatic heterocycles. The minimum Gasteiger partial charge on any atom is -0.447 e. The molecular weight excluding hydrogens is 240 g/mol. The highest BCUT2D eigenvalue weighted by molar-refractivity contribution is 6.28. The van der Waals surface area contributed by atoms with Gasteiger partial charge < -0.3 is 15.3 Å². The van der Waals surface area contributed by atoms with Crippen LogP contribution in [0.1, 0.15) is 23.3 Å². The summed E-state index contributed by atoms with van der Waals surface area (Å²) in [5, 5.41) is 10.4. The molecule has 0 amide bonds. The Morgan fingerprint density at radius 2 is 2.24 bits per heavy atom. The molecule has 0 saturated carbocycles. The van der Waals surface area contributed by atoms with Crippen molar-refractivity contribution in [2.75, 3.05) is 6.54 Å². The summed E-state index contributed by atoms with van der Waals surface area (Å²) in [6, 6.07) is 6.92. The van der Waals surface area contributed by atoms with Crippen molar-refractivity contribution in [2.45, 2.75) is 12.0 Å². The zero-order valence-electron chi connectivity index (χ0n) is 9.08. The zero-order valence-corrected chi connectivity index (χ0v) is 9.84. The molecule has 2 heterocycles. The van der Waals surface area contributed by atoms with Gasteiger partial charge in [0.25, 0.3) is 0 Å². The van der Waals surface area contributed by atoms with Crippen molar-refractivity contribution >= 4 is 11.6 Å². The van der Waals surface area contributed by atoms with Crippen LogP contribution >= 0.6 is 11.6 Å². The fraction of sp³-hybridized carbons (Fsp3) is 0.250. The monoisotopic (exact) mass is 252 g/mol. The predicted molar refractivity (Wildman–Crippen MR) is 64.7 cm³/mol. The third-order valence-electron chi connectivity index (χ3n) is 2.63. The van der Waals surface area contributed by atoms with E-state index < -0.39 is 6.10 Å². The second-order valence-corrected chi connectivity index (χ2v) is 4.09. The maximum atomic E-state index is 10.2. The normalized spacial score (nSPS) is 14.5. The van der Waals surface area contributed by atoms with Gasteiger partial charge in [-0.2, -0.15) is 0 Å². The van der Waals surface area contributed by atoms with Gasteiger partial charge in [0.1, 0.15) is 11.9 Å². The van der Waals surface area contributed by atoms with Crippen molar-refractivity contribution < 1.29 is 9.52 Å². The highest BCUT2D eigenvalue weighted by Gasteiger charge is 2.24. The lowest BCUT2D eigenvalue weighted by Crippen LogP contribution is -2.20. The van der Waals surface area contributed by atoms with Crippen LogP contribution in [0.25, 0.3) is 0 Å². The largest absolute Gasteiger partial charge is 0.447 e. The van der Waals surface area contributed by atoms with Gasteiger partial charge in [-0.15, -0.1) is 0 Å². The van der Waals surface area contributed by atoms with Crippen LogP contribution in [0.15, 0.2) is 41.1 Å². The number of aromatic nitrogens is 1. The first-order valence-corrected chi connectivity index (χ1v) is 5.63. The topological polar surface area (TPSA) is 72.3 Å². The highest BCUT2D eigenvalue weighted by Crippen LogP contribution is 2.31. The van der Waals surface area contributed by atoms with E-state index in [9.17, 15) is 5.11 Å². The molecule has 3 N–H and O–H groups in total. The Morgan fingerprint density at radius 3 is 2.76 bits per heavy atom. The number of hydrogen-bond acceptors (Lipinski definition) is 4. The molecule has 0 saturated heterocycles. The van der Waals surface area contributed by atoms with Gasteiger partial charge in [-0.05, 0) is 35.4 Å². The standard InChI is InChI=1S/C12H13ClN2O2/c13-11-4-3-10(17-11)12(16)9(6-14)8-2-1-5-15-7-8/h1-5,7,9,12,16H,6,14H2. The molecule has 0 aliphatic heterocycles. The molecule has 4 nitrogen and oxygen atoms in total. The molecule has 0 spiro atoms. The summed E-state index contributed by atoms with van der Waals surface area (Å²) >= 11 is 5.68. The number of halogens is 1. The number of aliphatic hydroxyl groups is 1. The second kappa shape index (κ2) is 5.31. The van der Waals surface area contributed by atoms with Gasteiger partial charge in [0, 0.05) is 24.9 Å². The maximum Gasteiger partial charge on any atom is 0.193 e. The third-order valence-corrected chi connectivity index (χ3v) is 2.84. The first kappa shape index (κ1) is 12.1. The lowest BCUT2D eigenvalue weighted by atomic mass is 9.93. The van der Waals surface area contributed by atoms with Gasteiger partial charge in [0.15, 0.2) is 5.22 Å². The number of nitrogens with zero attached hydrogens (tertiary/aromatic N) is 1. The minimum atomic E-state index is -0.823. The van der Waals surface area contributed by atoms with E-state index in [0.717, 1.165) is 5.56 Å². The third kappa shape index (κ3) is 2.66. The number of nitrogens with two attached hydrogens (primary N) is 1. The SMILES string of the molecule is NCC(c1cccnc1)C(O)c1ccc(Cl)o1. The Bertz CT molecular complexity index is 472. The van der Waals surface area contributed by atoms with E-state index in [1.54, 1.807) is 30.6 Å². The van der Waals surface area contributed by atoms with Gasteiger partial charge in [0.2, 0.25) is 0 Å². The smallest absolute Gasteiger partial charge is 0.193 e. The number of aliphatic hydroxyl groups excluding tert-OH is 1. The van der Waals surface area contributed by atoms with Crippen LogP contribution in [0.2, 0.25) is 5.22 Å². The quantitative estimate of drug-likeness (QED) is 0.874. The molecule has 5 heteroatoms. The molecule has 17 heavy (non-hydrogen) atoms. The van der Waals surface area contributed by atoms with E-state index in [0.29, 0.717) is 12.3 Å². The molecule has 0 bridgehead atoms. The molecule has 90 valence electrons. The molecule has 2 rings (SSSR count). The molecule has 2 atom stereocenters. The number of rotatable bonds is 4. The highest BCUT2D eigenvalue weighted by atomic mass is 35.5. The lowest BCUT2D eigenvalue weighted by molar-refractivity contribution is 0.122. The van der Waals surface area contributed by atoms with Gasteiger partial charge in [-0.25, -0.2) is 0 Å². The molecule has 0 aliphatic rings. The molecule has 0 aromatic carbocycles. The van der Waals surface area contributed by atoms with Crippen LogP contribution in [0.5, 0.6) is 0 Å². The molecule has 2 aromatic rings. The first-order chi connectivity index (χ1) is 8.22. The summed E-state index contributed by atoms with van der Waals surface area (Å²) in [4.78, 5) is 4.01. The predicted octanol–water partition coefficient (Wildman–Crippen LogP) is 2.10.